The minimum atomic E-state index is 0.772. The summed E-state index contributed by atoms with van der Waals surface area (Å²) in [6.07, 6.45) is 0.934. The van der Waals surface area contributed by atoms with Gasteiger partial charge in [0.15, 0.2) is 5.65 Å². The van der Waals surface area contributed by atoms with Crippen LogP contribution < -0.4 is 14.5 Å². The second kappa shape index (κ2) is 8.95. The molecule has 1 N–H and O–H groups in total. The summed E-state index contributed by atoms with van der Waals surface area (Å²) in [5.41, 5.74) is 4.51. The second-order valence-electron chi connectivity index (χ2n) is 9.02. The Bertz CT molecular complexity index is 1260. The van der Waals surface area contributed by atoms with Crippen molar-refractivity contribution in [1.29, 1.82) is 0 Å². The van der Waals surface area contributed by atoms with Gasteiger partial charge in [-0.15, -0.1) is 0 Å². The molecule has 2 aromatic carbocycles. The minimum Gasteiger partial charge on any atom is -0.497 e. The van der Waals surface area contributed by atoms with Gasteiger partial charge >= 0.3 is 0 Å². The third kappa shape index (κ3) is 4.05. The van der Waals surface area contributed by atoms with Crippen LogP contribution in [0.5, 0.6) is 5.75 Å². The van der Waals surface area contributed by atoms with Crippen LogP contribution in [0.2, 0.25) is 0 Å². The van der Waals surface area contributed by atoms with E-state index in [9.17, 15) is 0 Å². The Morgan fingerprint density at radius 3 is 2.38 bits per heavy atom. The number of hydrogen-bond donors (Lipinski definition) is 1. The highest BCUT2D eigenvalue weighted by Gasteiger charge is 2.27. The van der Waals surface area contributed by atoms with Gasteiger partial charge in [-0.2, -0.15) is 15.1 Å². The molecule has 0 spiro atoms. The van der Waals surface area contributed by atoms with Gasteiger partial charge in [-0.05, 0) is 23.3 Å². The van der Waals surface area contributed by atoms with E-state index >= 15 is 0 Å². The molecule has 0 radical (unpaired) electrons. The highest BCUT2D eigenvalue weighted by atomic mass is 16.5. The van der Waals surface area contributed by atoms with Crippen LogP contribution in [0.25, 0.3) is 11.0 Å². The third-order valence-electron chi connectivity index (χ3n) is 6.83. The summed E-state index contributed by atoms with van der Waals surface area (Å²) in [5.74, 6) is 2.68. The van der Waals surface area contributed by atoms with E-state index < -0.39 is 0 Å². The molecule has 1 saturated heterocycles. The number of hydrogen-bond acceptors (Lipinski definition) is 7. The first kappa shape index (κ1) is 20.9. The number of methoxy groups -OCH3 is 1. The molecule has 4 aromatic rings. The Morgan fingerprint density at radius 1 is 0.853 bits per heavy atom. The minimum absolute atomic E-state index is 0.772. The van der Waals surface area contributed by atoms with Crippen molar-refractivity contribution in [3.05, 3.63) is 71.4 Å². The number of aromatic amines is 1. The molecule has 0 saturated carbocycles. The van der Waals surface area contributed by atoms with E-state index in [4.69, 9.17) is 14.7 Å². The number of anilines is 2. The Morgan fingerprint density at radius 2 is 1.62 bits per heavy atom. The van der Waals surface area contributed by atoms with Gasteiger partial charge in [-0.3, -0.25) is 10.00 Å². The van der Waals surface area contributed by atoms with Crippen molar-refractivity contribution in [2.75, 3.05) is 49.6 Å². The van der Waals surface area contributed by atoms with Crippen molar-refractivity contribution < 1.29 is 4.74 Å². The van der Waals surface area contributed by atoms with Crippen LogP contribution in [0.1, 0.15) is 16.8 Å². The number of piperazine rings is 1. The zero-order valence-electron chi connectivity index (χ0n) is 19.4. The zero-order valence-corrected chi connectivity index (χ0v) is 19.4. The normalized spacial score (nSPS) is 16.3. The standard InChI is InChI=1S/C26H29N7O/c1-34-21-9-7-20(8-10-21)17-31-13-15-32(16-14-31)26-27-24-23-22(29-30-24)11-12-33(25(23)28-26)18-19-5-3-2-4-6-19/h2-10H,11-18H2,1H3,(H,27,28,29,30). The topological polar surface area (TPSA) is 73.4 Å². The second-order valence-corrected chi connectivity index (χ2v) is 9.02. The SMILES string of the molecule is COc1ccc(CN2CCN(c3nc4c5c([nH]nc5n3)CCN4Cc3ccccc3)CC2)cc1. The van der Waals surface area contributed by atoms with E-state index in [2.05, 4.69) is 67.4 Å². The van der Waals surface area contributed by atoms with Crippen LogP contribution in [0.4, 0.5) is 11.8 Å². The van der Waals surface area contributed by atoms with Crippen LogP contribution in [0.3, 0.4) is 0 Å². The molecule has 8 nitrogen and oxygen atoms in total. The molecular weight excluding hydrogens is 426 g/mol. The molecule has 8 heteroatoms. The largest absolute Gasteiger partial charge is 0.497 e. The zero-order chi connectivity index (χ0) is 22.9. The first-order valence-electron chi connectivity index (χ1n) is 11.9. The van der Waals surface area contributed by atoms with E-state index in [0.29, 0.717) is 0 Å². The average molecular weight is 456 g/mol. The molecule has 174 valence electrons. The van der Waals surface area contributed by atoms with Crippen LogP contribution in [0.15, 0.2) is 54.6 Å². The van der Waals surface area contributed by atoms with E-state index in [1.807, 2.05) is 12.1 Å². The predicted octanol–water partition coefficient (Wildman–Crippen LogP) is 3.25. The first-order chi connectivity index (χ1) is 16.8. The number of ether oxygens (including phenoxy) is 1. The maximum atomic E-state index is 5.27. The van der Waals surface area contributed by atoms with E-state index in [1.165, 1.54) is 11.1 Å². The molecule has 1 fully saturated rings. The highest BCUT2D eigenvalue weighted by Crippen LogP contribution is 2.33. The lowest BCUT2D eigenvalue weighted by Crippen LogP contribution is -2.46. The molecule has 2 aliphatic heterocycles. The first-order valence-corrected chi connectivity index (χ1v) is 11.9. The lowest BCUT2D eigenvalue weighted by molar-refractivity contribution is 0.248. The van der Waals surface area contributed by atoms with E-state index in [0.717, 1.165) is 86.5 Å². The lowest BCUT2D eigenvalue weighted by atomic mass is 10.1. The maximum Gasteiger partial charge on any atom is 0.229 e. The predicted molar refractivity (Wildman–Crippen MR) is 133 cm³/mol. The van der Waals surface area contributed by atoms with Crippen molar-refractivity contribution in [2.45, 2.75) is 19.5 Å². The van der Waals surface area contributed by atoms with Gasteiger partial charge in [0, 0.05) is 52.2 Å². The van der Waals surface area contributed by atoms with Gasteiger partial charge < -0.3 is 14.5 Å². The molecule has 6 rings (SSSR count). The van der Waals surface area contributed by atoms with Gasteiger partial charge in [0.25, 0.3) is 0 Å². The van der Waals surface area contributed by atoms with Gasteiger partial charge in [0.1, 0.15) is 11.6 Å². The van der Waals surface area contributed by atoms with Crippen molar-refractivity contribution >= 4 is 22.8 Å². The molecule has 0 atom stereocenters. The van der Waals surface area contributed by atoms with Crippen molar-refractivity contribution in [1.82, 2.24) is 25.1 Å². The van der Waals surface area contributed by atoms with Crippen LogP contribution in [-0.2, 0) is 19.5 Å². The summed E-state index contributed by atoms with van der Waals surface area (Å²) in [4.78, 5) is 17.1. The number of nitrogens with one attached hydrogen (secondary N) is 1. The smallest absolute Gasteiger partial charge is 0.229 e. The summed E-state index contributed by atoms with van der Waals surface area (Å²) in [7, 11) is 1.70. The van der Waals surface area contributed by atoms with E-state index in [-0.39, 0.29) is 0 Å². The van der Waals surface area contributed by atoms with Gasteiger partial charge in [-0.25, -0.2) is 0 Å². The third-order valence-corrected chi connectivity index (χ3v) is 6.83. The van der Waals surface area contributed by atoms with Crippen LogP contribution >= 0.6 is 0 Å². The molecule has 0 aliphatic carbocycles. The fraction of sp³-hybridized carbons (Fsp3) is 0.346. The van der Waals surface area contributed by atoms with Crippen molar-refractivity contribution in [3.8, 4) is 5.75 Å². The Hall–Kier alpha value is -3.65. The fourth-order valence-electron chi connectivity index (χ4n) is 4.91. The van der Waals surface area contributed by atoms with Crippen molar-refractivity contribution in [3.63, 3.8) is 0 Å². The Balaban J connectivity index is 1.19. The molecule has 0 bridgehead atoms. The van der Waals surface area contributed by atoms with Crippen LogP contribution in [0, 0.1) is 0 Å². The molecule has 2 aromatic heterocycles. The van der Waals surface area contributed by atoms with Gasteiger partial charge in [-0.1, -0.05) is 42.5 Å². The highest BCUT2D eigenvalue weighted by molar-refractivity contribution is 5.91. The molecule has 2 aliphatic rings. The maximum absolute atomic E-state index is 5.27. The molecule has 34 heavy (non-hydrogen) atoms. The summed E-state index contributed by atoms with van der Waals surface area (Å²) < 4.78 is 5.27. The summed E-state index contributed by atoms with van der Waals surface area (Å²) >= 11 is 0. The Labute approximate surface area is 199 Å². The molecule has 0 unspecified atom stereocenters. The van der Waals surface area contributed by atoms with Crippen molar-refractivity contribution in [2.24, 2.45) is 0 Å². The van der Waals surface area contributed by atoms with Gasteiger partial charge in [0.2, 0.25) is 5.95 Å². The number of rotatable bonds is 6. The number of nitrogens with zero attached hydrogens (tertiary/aromatic N) is 6. The van der Waals surface area contributed by atoms with Gasteiger partial charge in [0.05, 0.1) is 18.2 Å². The molecule has 4 heterocycles. The quantitative estimate of drug-likeness (QED) is 0.478. The lowest BCUT2D eigenvalue weighted by Gasteiger charge is -2.35. The number of H-pyrrole nitrogens is 1. The summed E-state index contributed by atoms with van der Waals surface area (Å²) in [6, 6.07) is 18.9. The fourth-order valence-corrected chi connectivity index (χ4v) is 4.91. The summed E-state index contributed by atoms with van der Waals surface area (Å²) in [5, 5.41) is 8.79. The summed E-state index contributed by atoms with van der Waals surface area (Å²) in [6.45, 7) is 6.45. The number of benzene rings is 2. The number of aromatic nitrogens is 4. The molecule has 0 amide bonds. The average Bonchev–Trinajstić information content (AvgIpc) is 3.31. The molecular formula is C26H29N7O. The monoisotopic (exact) mass is 455 g/mol. The van der Waals surface area contributed by atoms with Crippen LogP contribution in [-0.4, -0.2) is 64.9 Å². The van der Waals surface area contributed by atoms with E-state index in [1.54, 1.807) is 7.11 Å². The Kier molecular flexibility index (Phi) is 5.50.